The van der Waals surface area contributed by atoms with E-state index in [1.807, 2.05) is 12.4 Å². The second-order valence-electron chi connectivity index (χ2n) is 6.12. The van der Waals surface area contributed by atoms with Gasteiger partial charge in [0.05, 0.1) is 5.69 Å². The Morgan fingerprint density at radius 1 is 1.27 bits per heavy atom. The predicted octanol–water partition coefficient (Wildman–Crippen LogP) is 3.91. The van der Waals surface area contributed by atoms with Gasteiger partial charge in [0.15, 0.2) is 0 Å². The molecule has 5 heteroatoms. The highest BCUT2D eigenvalue weighted by molar-refractivity contribution is 7.13. The van der Waals surface area contributed by atoms with Crippen LogP contribution in [0.3, 0.4) is 0 Å². The number of thiazole rings is 1. The van der Waals surface area contributed by atoms with Crippen molar-refractivity contribution in [1.29, 1.82) is 0 Å². The molecule has 118 valence electrons. The average Bonchev–Trinajstić information content (AvgIpc) is 3.01. The lowest BCUT2D eigenvalue weighted by Gasteiger charge is -2.15. The van der Waals surface area contributed by atoms with Gasteiger partial charge in [-0.2, -0.15) is 0 Å². The number of carbonyl (C=O) groups is 1. The van der Waals surface area contributed by atoms with Crippen LogP contribution < -0.4 is 5.32 Å². The summed E-state index contributed by atoms with van der Waals surface area (Å²) in [5, 5.41) is 5.93. The van der Waals surface area contributed by atoms with Gasteiger partial charge < -0.3 is 9.88 Å². The monoisotopic (exact) mass is 317 g/mol. The summed E-state index contributed by atoms with van der Waals surface area (Å²) in [4.78, 5) is 16.9. The van der Waals surface area contributed by atoms with Crippen molar-refractivity contribution in [3.05, 3.63) is 28.9 Å². The summed E-state index contributed by atoms with van der Waals surface area (Å²) in [6, 6.07) is 4.45. The van der Waals surface area contributed by atoms with E-state index in [4.69, 9.17) is 0 Å². The first kappa shape index (κ1) is 15.3. The van der Waals surface area contributed by atoms with Crippen molar-refractivity contribution in [3.8, 4) is 10.7 Å². The van der Waals surface area contributed by atoms with Gasteiger partial charge in [0, 0.05) is 24.2 Å². The maximum atomic E-state index is 12.4. The molecule has 1 saturated carbocycles. The third kappa shape index (κ3) is 3.24. The fourth-order valence-corrected chi connectivity index (χ4v) is 3.87. The summed E-state index contributed by atoms with van der Waals surface area (Å²) in [7, 11) is 2.03. The lowest BCUT2D eigenvalue weighted by Crippen LogP contribution is -2.34. The molecular formula is C17H23N3OS. The smallest absolute Gasteiger partial charge is 0.270 e. The molecule has 1 N–H and O–H groups in total. The lowest BCUT2D eigenvalue weighted by atomic mass is 10.1. The maximum absolute atomic E-state index is 12.4. The molecule has 2 aromatic heterocycles. The number of hydrogen-bond donors (Lipinski definition) is 1. The van der Waals surface area contributed by atoms with Crippen molar-refractivity contribution in [3.63, 3.8) is 0 Å². The van der Waals surface area contributed by atoms with Crippen LogP contribution in [0.15, 0.2) is 17.5 Å². The van der Waals surface area contributed by atoms with E-state index >= 15 is 0 Å². The van der Waals surface area contributed by atoms with Crippen LogP contribution in [-0.4, -0.2) is 21.5 Å². The van der Waals surface area contributed by atoms with Gasteiger partial charge in [-0.15, -0.1) is 11.3 Å². The van der Waals surface area contributed by atoms with E-state index in [-0.39, 0.29) is 5.91 Å². The number of hydrogen-bond acceptors (Lipinski definition) is 3. The van der Waals surface area contributed by atoms with E-state index in [1.54, 1.807) is 0 Å². The molecule has 22 heavy (non-hydrogen) atoms. The molecule has 0 aliphatic heterocycles. The Morgan fingerprint density at radius 3 is 2.64 bits per heavy atom. The highest BCUT2D eigenvalue weighted by Crippen LogP contribution is 2.25. The Bertz CT molecular complexity index is 651. The molecule has 0 saturated heterocycles. The van der Waals surface area contributed by atoms with E-state index in [9.17, 15) is 4.79 Å². The van der Waals surface area contributed by atoms with Crippen molar-refractivity contribution in [2.75, 3.05) is 0 Å². The van der Waals surface area contributed by atoms with Crippen LogP contribution in [-0.2, 0) is 7.05 Å². The normalized spacial score (nSPS) is 16.5. The average molecular weight is 317 g/mol. The van der Waals surface area contributed by atoms with Crippen molar-refractivity contribution in [2.45, 2.75) is 51.5 Å². The topological polar surface area (TPSA) is 46.9 Å². The number of amides is 1. The van der Waals surface area contributed by atoms with Gasteiger partial charge in [0.25, 0.3) is 5.91 Å². The largest absolute Gasteiger partial charge is 0.348 e. The second kappa shape index (κ2) is 6.65. The van der Waals surface area contributed by atoms with Crippen LogP contribution in [0, 0.1) is 6.92 Å². The highest BCUT2D eigenvalue weighted by Gasteiger charge is 2.18. The Balaban J connectivity index is 1.70. The first-order chi connectivity index (χ1) is 10.6. The lowest BCUT2D eigenvalue weighted by molar-refractivity contribution is 0.0929. The predicted molar refractivity (Wildman–Crippen MR) is 90.2 cm³/mol. The summed E-state index contributed by atoms with van der Waals surface area (Å²) in [6.45, 7) is 2.07. The van der Waals surface area contributed by atoms with Crippen molar-refractivity contribution >= 4 is 17.2 Å². The van der Waals surface area contributed by atoms with Crippen molar-refractivity contribution in [2.24, 2.45) is 7.05 Å². The molecule has 0 spiro atoms. The van der Waals surface area contributed by atoms with E-state index in [1.165, 1.54) is 42.7 Å². The quantitative estimate of drug-likeness (QED) is 0.873. The first-order valence-corrected chi connectivity index (χ1v) is 8.92. The first-order valence-electron chi connectivity index (χ1n) is 8.04. The third-order valence-corrected chi connectivity index (χ3v) is 5.38. The number of aryl methyl sites for hydroxylation is 1. The number of aromatic nitrogens is 2. The molecule has 3 rings (SSSR count). The van der Waals surface area contributed by atoms with Crippen LogP contribution in [0.2, 0.25) is 0 Å². The van der Waals surface area contributed by atoms with Crippen LogP contribution in [0.1, 0.15) is 54.7 Å². The maximum Gasteiger partial charge on any atom is 0.270 e. The minimum absolute atomic E-state index is 0.0275. The minimum atomic E-state index is -0.0275. The zero-order chi connectivity index (χ0) is 15.5. The number of nitrogens with zero attached hydrogens (tertiary/aromatic N) is 2. The van der Waals surface area contributed by atoms with Gasteiger partial charge in [-0.25, -0.2) is 4.98 Å². The Kier molecular flexibility index (Phi) is 4.62. The standard InChI is InChI=1S/C17H23N3OS/c1-12-9-10-15(20(12)2)17-19-14(11-22-17)16(21)18-13-7-5-3-4-6-8-13/h9-11,13H,3-8H2,1-2H3,(H,18,21). The van der Waals surface area contributed by atoms with E-state index < -0.39 is 0 Å². The number of rotatable bonds is 3. The van der Waals surface area contributed by atoms with Crippen LogP contribution >= 0.6 is 11.3 Å². The van der Waals surface area contributed by atoms with Gasteiger partial charge in [0.2, 0.25) is 0 Å². The molecule has 4 nitrogen and oxygen atoms in total. The summed E-state index contributed by atoms with van der Waals surface area (Å²) in [5.41, 5.74) is 2.80. The van der Waals surface area contributed by atoms with Gasteiger partial charge in [-0.1, -0.05) is 25.7 Å². The van der Waals surface area contributed by atoms with Crippen molar-refractivity contribution < 1.29 is 4.79 Å². The SMILES string of the molecule is Cc1ccc(-c2nc(C(=O)NC3CCCCCC3)cs2)n1C. The Labute approximate surface area is 135 Å². The van der Waals surface area contributed by atoms with Crippen molar-refractivity contribution in [1.82, 2.24) is 14.9 Å². The molecule has 2 aromatic rings. The molecule has 1 aliphatic carbocycles. The molecule has 1 amide bonds. The molecule has 2 heterocycles. The van der Waals surface area contributed by atoms with E-state index in [2.05, 4.69) is 33.9 Å². The second-order valence-corrected chi connectivity index (χ2v) is 6.98. The highest BCUT2D eigenvalue weighted by atomic mass is 32.1. The zero-order valence-corrected chi connectivity index (χ0v) is 14.1. The molecular weight excluding hydrogens is 294 g/mol. The van der Waals surface area contributed by atoms with E-state index in [0.717, 1.165) is 23.5 Å². The Morgan fingerprint density at radius 2 is 2.00 bits per heavy atom. The fraction of sp³-hybridized carbons (Fsp3) is 0.529. The summed E-state index contributed by atoms with van der Waals surface area (Å²) in [6.07, 6.45) is 7.21. The molecule has 0 bridgehead atoms. The zero-order valence-electron chi connectivity index (χ0n) is 13.3. The number of carbonyl (C=O) groups excluding carboxylic acids is 1. The summed E-state index contributed by atoms with van der Waals surface area (Å²) >= 11 is 1.53. The Hall–Kier alpha value is -1.62. The van der Waals surface area contributed by atoms with Crippen LogP contribution in [0.4, 0.5) is 0 Å². The van der Waals surface area contributed by atoms with Crippen LogP contribution in [0.25, 0.3) is 10.7 Å². The molecule has 0 aromatic carbocycles. The summed E-state index contributed by atoms with van der Waals surface area (Å²) < 4.78 is 2.10. The molecule has 0 radical (unpaired) electrons. The van der Waals surface area contributed by atoms with Gasteiger partial charge in [0.1, 0.15) is 10.7 Å². The van der Waals surface area contributed by atoms with Gasteiger partial charge in [-0.05, 0) is 31.9 Å². The van der Waals surface area contributed by atoms with Gasteiger partial charge in [-0.3, -0.25) is 4.79 Å². The third-order valence-electron chi connectivity index (χ3n) is 4.52. The summed E-state index contributed by atoms with van der Waals surface area (Å²) in [5.74, 6) is -0.0275. The van der Waals surface area contributed by atoms with E-state index in [0.29, 0.717) is 11.7 Å². The molecule has 0 unspecified atom stereocenters. The molecule has 1 aliphatic rings. The molecule has 0 atom stereocenters. The van der Waals surface area contributed by atoms with Gasteiger partial charge >= 0.3 is 0 Å². The fourth-order valence-electron chi connectivity index (χ4n) is 3.01. The van der Waals surface area contributed by atoms with Crippen LogP contribution in [0.5, 0.6) is 0 Å². The minimum Gasteiger partial charge on any atom is -0.348 e. The number of nitrogens with one attached hydrogen (secondary N) is 1. The molecule has 1 fully saturated rings.